The Bertz CT molecular complexity index is 629. The summed E-state index contributed by atoms with van der Waals surface area (Å²) in [5.41, 5.74) is 9.08. The van der Waals surface area contributed by atoms with E-state index in [-0.39, 0.29) is 11.6 Å². The number of aromatic nitrogens is 4. The van der Waals surface area contributed by atoms with Gasteiger partial charge in [0.15, 0.2) is 5.69 Å². The molecule has 2 aromatic heterocycles. The van der Waals surface area contributed by atoms with Gasteiger partial charge >= 0.3 is 0 Å². The van der Waals surface area contributed by atoms with Gasteiger partial charge in [0.1, 0.15) is 0 Å². The highest BCUT2D eigenvalue weighted by molar-refractivity contribution is 5.97. The molecule has 0 spiro atoms. The van der Waals surface area contributed by atoms with Crippen molar-refractivity contribution in [3.63, 3.8) is 0 Å². The molecule has 0 aliphatic heterocycles. The van der Waals surface area contributed by atoms with Gasteiger partial charge in [-0.05, 0) is 19.8 Å². The van der Waals surface area contributed by atoms with Crippen molar-refractivity contribution in [3.8, 4) is 0 Å². The van der Waals surface area contributed by atoms with Crippen LogP contribution in [-0.4, -0.2) is 26.1 Å². The van der Waals surface area contributed by atoms with Crippen molar-refractivity contribution in [3.05, 3.63) is 35.2 Å². The van der Waals surface area contributed by atoms with Gasteiger partial charge < -0.3 is 11.1 Å². The minimum atomic E-state index is -0.298. The summed E-state index contributed by atoms with van der Waals surface area (Å²) in [5, 5.41) is 9.61. The molecule has 7 nitrogen and oxygen atoms in total. The Morgan fingerprint density at radius 2 is 2.25 bits per heavy atom. The molecule has 104 valence electrons. The molecular weight excluding hydrogens is 256 g/mol. The molecule has 0 radical (unpaired) electrons. The number of nitrogen functional groups attached to an aromatic ring is 1. The van der Waals surface area contributed by atoms with E-state index in [4.69, 9.17) is 5.73 Å². The Hall–Kier alpha value is -2.44. The van der Waals surface area contributed by atoms with E-state index in [1.165, 1.54) is 0 Å². The van der Waals surface area contributed by atoms with Gasteiger partial charge in [-0.2, -0.15) is 5.10 Å². The van der Waals surface area contributed by atoms with Gasteiger partial charge in [0.25, 0.3) is 5.91 Å². The molecule has 1 amide bonds. The highest BCUT2D eigenvalue weighted by atomic mass is 16.1. The summed E-state index contributed by atoms with van der Waals surface area (Å²) in [4.78, 5) is 20.3. The smallest absolute Gasteiger partial charge is 0.274 e. The molecule has 0 unspecified atom stereocenters. The lowest BCUT2D eigenvalue weighted by atomic mass is 10.2. The van der Waals surface area contributed by atoms with Crippen LogP contribution in [0.3, 0.4) is 0 Å². The molecule has 0 aromatic carbocycles. The minimum Gasteiger partial charge on any atom is -0.395 e. The summed E-state index contributed by atoms with van der Waals surface area (Å²) in [5.74, 6) is 0.139. The Labute approximate surface area is 116 Å². The predicted molar refractivity (Wildman–Crippen MR) is 72.9 cm³/mol. The van der Waals surface area contributed by atoms with Crippen molar-refractivity contribution in [1.82, 2.24) is 25.5 Å². The molecule has 0 saturated heterocycles. The Morgan fingerprint density at radius 1 is 1.45 bits per heavy atom. The summed E-state index contributed by atoms with van der Waals surface area (Å²) >= 11 is 0. The lowest BCUT2D eigenvalue weighted by Gasteiger charge is -2.03. The van der Waals surface area contributed by atoms with Crippen molar-refractivity contribution >= 4 is 11.6 Å². The summed E-state index contributed by atoms with van der Waals surface area (Å²) in [7, 11) is 0. The number of aryl methyl sites for hydroxylation is 1. The summed E-state index contributed by atoms with van der Waals surface area (Å²) in [6.45, 7) is 2.16. The van der Waals surface area contributed by atoms with Gasteiger partial charge in [-0.15, -0.1) is 0 Å². The van der Waals surface area contributed by atoms with Crippen LogP contribution in [0.2, 0.25) is 0 Å². The third-order valence-corrected chi connectivity index (χ3v) is 3.30. The molecule has 2 aromatic rings. The third-order valence-electron chi connectivity index (χ3n) is 3.30. The number of aromatic amines is 1. The van der Waals surface area contributed by atoms with Gasteiger partial charge in [-0.1, -0.05) is 0 Å². The molecule has 1 saturated carbocycles. The first-order valence-corrected chi connectivity index (χ1v) is 6.54. The molecule has 20 heavy (non-hydrogen) atoms. The van der Waals surface area contributed by atoms with Crippen LogP contribution < -0.4 is 11.1 Å². The standard InChI is InChI=1S/C13H16N6O/c1-7-4-16-9(5-15-7)6-17-13(20)12-10(14)11(18-19-12)8-2-3-8/h4-5,8H,2-3,6,14H2,1H3,(H,17,20)(H,18,19). The average molecular weight is 272 g/mol. The number of anilines is 1. The first-order chi connectivity index (χ1) is 9.65. The number of hydrogen-bond donors (Lipinski definition) is 3. The van der Waals surface area contributed by atoms with Gasteiger partial charge in [-0.25, -0.2) is 0 Å². The van der Waals surface area contributed by atoms with E-state index in [0.29, 0.717) is 23.8 Å². The van der Waals surface area contributed by atoms with E-state index in [1.54, 1.807) is 12.4 Å². The first kappa shape index (κ1) is 12.6. The van der Waals surface area contributed by atoms with Crippen molar-refractivity contribution in [2.45, 2.75) is 32.2 Å². The largest absolute Gasteiger partial charge is 0.395 e. The van der Waals surface area contributed by atoms with Gasteiger partial charge in [-0.3, -0.25) is 19.9 Å². The Kier molecular flexibility index (Phi) is 3.09. The highest BCUT2D eigenvalue weighted by Crippen LogP contribution is 2.42. The summed E-state index contributed by atoms with van der Waals surface area (Å²) in [6, 6.07) is 0. The Balaban J connectivity index is 1.65. The molecule has 0 atom stereocenters. The van der Waals surface area contributed by atoms with Crippen LogP contribution in [0.1, 0.15) is 46.3 Å². The van der Waals surface area contributed by atoms with E-state index in [9.17, 15) is 4.79 Å². The lowest BCUT2D eigenvalue weighted by Crippen LogP contribution is -2.24. The molecule has 2 heterocycles. The highest BCUT2D eigenvalue weighted by Gasteiger charge is 2.30. The number of nitrogens with two attached hydrogens (primary N) is 1. The van der Waals surface area contributed by atoms with Gasteiger partial charge in [0.05, 0.1) is 35.5 Å². The molecule has 0 bridgehead atoms. The van der Waals surface area contributed by atoms with E-state index in [0.717, 1.165) is 24.2 Å². The normalized spacial score (nSPS) is 14.2. The molecule has 1 fully saturated rings. The quantitative estimate of drug-likeness (QED) is 0.766. The first-order valence-electron chi connectivity index (χ1n) is 6.54. The van der Waals surface area contributed by atoms with Crippen LogP contribution in [0, 0.1) is 6.92 Å². The van der Waals surface area contributed by atoms with Crippen molar-refractivity contribution in [2.75, 3.05) is 5.73 Å². The molecule has 4 N–H and O–H groups in total. The lowest BCUT2D eigenvalue weighted by molar-refractivity contribution is 0.0946. The zero-order chi connectivity index (χ0) is 14.1. The number of nitrogens with zero attached hydrogens (tertiary/aromatic N) is 3. The molecule has 7 heteroatoms. The molecule has 3 rings (SSSR count). The Morgan fingerprint density at radius 3 is 2.90 bits per heavy atom. The van der Waals surface area contributed by atoms with E-state index >= 15 is 0 Å². The van der Waals surface area contributed by atoms with E-state index in [1.807, 2.05) is 6.92 Å². The van der Waals surface area contributed by atoms with Crippen LogP contribution in [0.15, 0.2) is 12.4 Å². The predicted octanol–water partition coefficient (Wildman–Crippen LogP) is 0.898. The fourth-order valence-corrected chi connectivity index (χ4v) is 1.99. The fourth-order valence-electron chi connectivity index (χ4n) is 1.99. The summed E-state index contributed by atoms with van der Waals surface area (Å²) in [6.07, 6.45) is 5.51. The third kappa shape index (κ3) is 2.47. The van der Waals surface area contributed by atoms with Crippen LogP contribution in [0.25, 0.3) is 0 Å². The van der Waals surface area contributed by atoms with Crippen LogP contribution in [0.4, 0.5) is 5.69 Å². The average Bonchev–Trinajstić information content (AvgIpc) is 3.21. The zero-order valence-corrected chi connectivity index (χ0v) is 11.2. The maximum atomic E-state index is 12.0. The monoisotopic (exact) mass is 272 g/mol. The molecular formula is C13H16N6O. The molecule has 1 aliphatic rings. The number of amides is 1. The number of H-pyrrole nitrogens is 1. The maximum Gasteiger partial charge on any atom is 0.274 e. The summed E-state index contributed by atoms with van der Waals surface area (Å²) < 4.78 is 0. The van der Waals surface area contributed by atoms with Gasteiger partial charge in [0, 0.05) is 12.1 Å². The van der Waals surface area contributed by atoms with Crippen LogP contribution >= 0.6 is 0 Å². The SMILES string of the molecule is Cc1cnc(CNC(=O)c2n[nH]c(C3CC3)c2N)cn1. The minimum absolute atomic E-state index is 0.256. The maximum absolute atomic E-state index is 12.0. The zero-order valence-electron chi connectivity index (χ0n) is 11.2. The second-order valence-corrected chi connectivity index (χ2v) is 5.01. The van der Waals surface area contributed by atoms with Gasteiger partial charge in [0.2, 0.25) is 0 Å². The second-order valence-electron chi connectivity index (χ2n) is 5.01. The van der Waals surface area contributed by atoms with Crippen molar-refractivity contribution in [1.29, 1.82) is 0 Å². The van der Waals surface area contributed by atoms with Crippen molar-refractivity contribution in [2.24, 2.45) is 0 Å². The number of hydrogen-bond acceptors (Lipinski definition) is 5. The topological polar surface area (TPSA) is 110 Å². The second kappa shape index (κ2) is 4.92. The number of carbonyl (C=O) groups is 1. The number of nitrogens with one attached hydrogen (secondary N) is 2. The van der Waals surface area contributed by atoms with E-state index in [2.05, 4.69) is 25.5 Å². The number of carbonyl (C=O) groups excluding carboxylic acids is 1. The van der Waals surface area contributed by atoms with Crippen molar-refractivity contribution < 1.29 is 4.79 Å². The molecule has 1 aliphatic carbocycles. The van der Waals surface area contributed by atoms with Crippen LogP contribution in [0.5, 0.6) is 0 Å². The van der Waals surface area contributed by atoms with E-state index < -0.39 is 0 Å². The number of rotatable bonds is 4. The fraction of sp³-hybridized carbons (Fsp3) is 0.385. The van der Waals surface area contributed by atoms with Crippen LogP contribution in [-0.2, 0) is 6.54 Å².